The molecule has 1 aliphatic rings. The van der Waals surface area contributed by atoms with Crippen LogP contribution in [0.3, 0.4) is 0 Å². The highest BCUT2D eigenvalue weighted by Crippen LogP contribution is 2.26. The number of aliphatic hydroxyl groups excluding tert-OH is 1. The largest absolute Gasteiger partial charge is 0.387 e. The molecule has 0 saturated heterocycles. The average molecular weight is 373 g/mol. The van der Waals surface area contributed by atoms with E-state index >= 15 is 0 Å². The molecule has 0 aromatic heterocycles. The first-order valence-corrected chi connectivity index (χ1v) is 8.84. The number of nitrogens with two attached hydrogens (primary N) is 1. The molecule has 4 nitrogen and oxygen atoms in total. The van der Waals surface area contributed by atoms with Crippen molar-refractivity contribution in [1.82, 2.24) is 4.90 Å². The number of halogens is 2. The lowest BCUT2D eigenvalue weighted by Gasteiger charge is -2.33. The van der Waals surface area contributed by atoms with E-state index in [0.717, 1.165) is 25.7 Å². The summed E-state index contributed by atoms with van der Waals surface area (Å²) in [4.78, 5) is 14.7. The summed E-state index contributed by atoms with van der Waals surface area (Å²) in [5, 5.41) is 10.5. The fraction of sp³-hybridized carbons (Fsp3) is 0.632. The minimum atomic E-state index is -0.814. The van der Waals surface area contributed by atoms with Crippen molar-refractivity contribution in [2.24, 2.45) is 17.6 Å². The Balaban J connectivity index is 0.00000312. The van der Waals surface area contributed by atoms with Gasteiger partial charge >= 0.3 is 0 Å². The van der Waals surface area contributed by atoms with E-state index in [0.29, 0.717) is 18.0 Å². The van der Waals surface area contributed by atoms with Gasteiger partial charge in [0.05, 0.1) is 12.6 Å². The van der Waals surface area contributed by atoms with Crippen LogP contribution in [0.15, 0.2) is 24.3 Å². The van der Waals surface area contributed by atoms with E-state index in [4.69, 9.17) is 5.73 Å². The van der Waals surface area contributed by atoms with Crippen LogP contribution in [-0.4, -0.2) is 35.0 Å². The van der Waals surface area contributed by atoms with Crippen molar-refractivity contribution in [2.45, 2.75) is 51.7 Å². The van der Waals surface area contributed by atoms with E-state index in [1.165, 1.54) is 12.1 Å². The van der Waals surface area contributed by atoms with Crippen LogP contribution in [0, 0.1) is 17.7 Å². The number of aliphatic hydroxyl groups is 1. The third-order valence-corrected chi connectivity index (χ3v) is 4.61. The first-order chi connectivity index (χ1) is 11.4. The smallest absolute Gasteiger partial charge is 0.225 e. The number of benzene rings is 1. The molecule has 1 aromatic rings. The molecule has 1 amide bonds. The molecule has 1 aliphatic carbocycles. The lowest BCUT2D eigenvalue weighted by molar-refractivity contribution is -0.138. The van der Waals surface area contributed by atoms with Gasteiger partial charge in [-0.2, -0.15) is 0 Å². The standard InChI is InChI=1S/C19H29FN2O2.ClH/c1-13(2)11-22(19(24)15-4-3-5-17(21)10-15)12-18(23)14-6-8-16(20)9-7-14;/h6-9,13,15,17-18,23H,3-5,10-12,21H2,1-2H3;1H. The first kappa shape index (κ1) is 21.9. The van der Waals surface area contributed by atoms with Gasteiger partial charge in [0, 0.05) is 18.5 Å². The van der Waals surface area contributed by atoms with E-state index in [-0.39, 0.29) is 42.6 Å². The highest BCUT2D eigenvalue weighted by Gasteiger charge is 2.30. The van der Waals surface area contributed by atoms with Gasteiger partial charge in [-0.1, -0.05) is 32.4 Å². The van der Waals surface area contributed by atoms with E-state index in [9.17, 15) is 14.3 Å². The summed E-state index contributed by atoms with van der Waals surface area (Å²) in [7, 11) is 0. The molecule has 25 heavy (non-hydrogen) atoms. The van der Waals surface area contributed by atoms with Crippen LogP contribution in [0.2, 0.25) is 0 Å². The predicted octanol–water partition coefficient (Wildman–Crippen LogP) is 3.28. The summed E-state index contributed by atoms with van der Waals surface area (Å²) < 4.78 is 13.0. The van der Waals surface area contributed by atoms with Gasteiger partial charge in [-0.15, -0.1) is 12.4 Å². The number of amides is 1. The van der Waals surface area contributed by atoms with Gasteiger partial charge in [0.1, 0.15) is 5.82 Å². The molecule has 2 rings (SSSR count). The SMILES string of the molecule is CC(C)CN(CC(O)c1ccc(F)cc1)C(=O)C1CCCC(N)C1.Cl. The highest BCUT2D eigenvalue weighted by molar-refractivity contribution is 5.85. The lowest BCUT2D eigenvalue weighted by atomic mass is 9.85. The van der Waals surface area contributed by atoms with E-state index in [1.807, 2.05) is 0 Å². The van der Waals surface area contributed by atoms with Crippen molar-refractivity contribution in [3.63, 3.8) is 0 Å². The molecule has 1 fully saturated rings. The lowest BCUT2D eigenvalue weighted by Crippen LogP contribution is -2.43. The summed E-state index contributed by atoms with van der Waals surface area (Å²) in [5.74, 6) is 0.0109. The topological polar surface area (TPSA) is 66.6 Å². The van der Waals surface area contributed by atoms with E-state index in [2.05, 4.69) is 13.8 Å². The monoisotopic (exact) mass is 372 g/mol. The number of carbonyl (C=O) groups is 1. The summed E-state index contributed by atoms with van der Waals surface area (Å²) in [6.07, 6.45) is 2.73. The molecule has 0 bridgehead atoms. The third kappa shape index (κ3) is 6.57. The van der Waals surface area contributed by atoms with Crippen molar-refractivity contribution in [2.75, 3.05) is 13.1 Å². The molecule has 0 spiro atoms. The van der Waals surface area contributed by atoms with Crippen LogP contribution in [-0.2, 0) is 4.79 Å². The second kappa shape index (κ2) is 10.1. The van der Waals surface area contributed by atoms with Crippen LogP contribution in [0.5, 0.6) is 0 Å². The van der Waals surface area contributed by atoms with Crippen molar-refractivity contribution in [3.8, 4) is 0 Å². The number of nitrogens with zero attached hydrogens (tertiary/aromatic N) is 1. The Labute approximate surface area is 156 Å². The quantitative estimate of drug-likeness (QED) is 0.805. The maximum Gasteiger partial charge on any atom is 0.225 e. The highest BCUT2D eigenvalue weighted by atomic mass is 35.5. The van der Waals surface area contributed by atoms with Crippen LogP contribution in [0.4, 0.5) is 4.39 Å². The van der Waals surface area contributed by atoms with E-state index in [1.54, 1.807) is 17.0 Å². The minimum absolute atomic E-state index is 0. The average Bonchev–Trinajstić information content (AvgIpc) is 2.53. The number of hydrogen-bond acceptors (Lipinski definition) is 3. The maximum absolute atomic E-state index is 13.0. The van der Waals surface area contributed by atoms with Crippen LogP contribution < -0.4 is 5.73 Å². The number of hydrogen-bond donors (Lipinski definition) is 2. The fourth-order valence-electron chi connectivity index (χ4n) is 3.40. The van der Waals surface area contributed by atoms with Crippen LogP contribution in [0.1, 0.15) is 51.2 Å². The first-order valence-electron chi connectivity index (χ1n) is 8.84. The number of rotatable bonds is 6. The van der Waals surface area contributed by atoms with Gasteiger partial charge in [0.15, 0.2) is 0 Å². The van der Waals surface area contributed by atoms with Crippen LogP contribution in [0.25, 0.3) is 0 Å². The molecular formula is C19H30ClFN2O2. The fourth-order valence-corrected chi connectivity index (χ4v) is 3.40. The molecule has 0 aliphatic heterocycles. The molecule has 0 heterocycles. The second-order valence-corrected chi connectivity index (χ2v) is 7.33. The van der Waals surface area contributed by atoms with Gasteiger partial charge < -0.3 is 15.7 Å². The normalized spacial score (nSPS) is 21.5. The Hall–Kier alpha value is -1.17. The summed E-state index contributed by atoms with van der Waals surface area (Å²) in [5.41, 5.74) is 6.64. The molecule has 6 heteroatoms. The molecule has 3 atom stereocenters. The molecule has 142 valence electrons. The minimum Gasteiger partial charge on any atom is -0.387 e. The van der Waals surface area contributed by atoms with Crippen molar-refractivity contribution >= 4 is 18.3 Å². The van der Waals surface area contributed by atoms with Gasteiger partial charge in [0.2, 0.25) is 5.91 Å². The molecule has 1 saturated carbocycles. The Bertz CT molecular complexity index is 539. The zero-order valence-electron chi connectivity index (χ0n) is 15.0. The van der Waals surface area contributed by atoms with Gasteiger partial charge in [-0.3, -0.25) is 4.79 Å². The predicted molar refractivity (Wildman–Crippen MR) is 100.0 cm³/mol. The Morgan fingerprint density at radius 1 is 1.28 bits per heavy atom. The molecule has 3 unspecified atom stereocenters. The zero-order chi connectivity index (χ0) is 17.7. The van der Waals surface area contributed by atoms with Gasteiger partial charge in [-0.05, 0) is 42.9 Å². The van der Waals surface area contributed by atoms with E-state index < -0.39 is 6.10 Å². The van der Waals surface area contributed by atoms with Crippen LogP contribution >= 0.6 is 12.4 Å². The Morgan fingerprint density at radius 2 is 1.92 bits per heavy atom. The third-order valence-electron chi connectivity index (χ3n) is 4.61. The molecular weight excluding hydrogens is 343 g/mol. The summed E-state index contributed by atoms with van der Waals surface area (Å²) in [6, 6.07) is 5.87. The Morgan fingerprint density at radius 3 is 2.48 bits per heavy atom. The molecule has 0 radical (unpaired) electrons. The summed E-state index contributed by atoms with van der Waals surface area (Å²) >= 11 is 0. The molecule has 1 aromatic carbocycles. The Kier molecular flexibility index (Phi) is 8.83. The van der Waals surface area contributed by atoms with Crippen molar-refractivity contribution < 1.29 is 14.3 Å². The summed E-state index contributed by atoms with van der Waals surface area (Å²) in [6.45, 7) is 4.94. The maximum atomic E-state index is 13.0. The molecule has 3 N–H and O–H groups in total. The van der Waals surface area contributed by atoms with Crippen molar-refractivity contribution in [3.05, 3.63) is 35.6 Å². The van der Waals surface area contributed by atoms with Crippen molar-refractivity contribution in [1.29, 1.82) is 0 Å². The number of carbonyl (C=O) groups excluding carboxylic acids is 1. The second-order valence-electron chi connectivity index (χ2n) is 7.33. The van der Waals surface area contributed by atoms with Gasteiger partial charge in [0.25, 0.3) is 0 Å². The van der Waals surface area contributed by atoms with Gasteiger partial charge in [-0.25, -0.2) is 4.39 Å². The zero-order valence-corrected chi connectivity index (χ0v) is 15.8.